The molecule has 1 fully saturated rings. The fourth-order valence-corrected chi connectivity index (χ4v) is 2.74. The molecule has 24 heavy (non-hydrogen) atoms. The number of anilines is 1. The van der Waals surface area contributed by atoms with Crippen LogP contribution in [-0.4, -0.2) is 24.4 Å². The monoisotopic (exact) mass is 330 g/mol. The molecule has 1 aliphatic heterocycles. The zero-order chi connectivity index (χ0) is 17.1. The lowest BCUT2D eigenvalue weighted by atomic mass is 10.1. The molecule has 0 spiro atoms. The Morgan fingerprint density at radius 3 is 2.25 bits per heavy atom. The fraction of sp³-hybridized carbons (Fsp3) is 0.222. The number of benzene rings is 2. The van der Waals surface area contributed by atoms with Gasteiger partial charge in [0.25, 0.3) is 0 Å². The van der Waals surface area contributed by atoms with Gasteiger partial charge >= 0.3 is 0 Å². The highest BCUT2D eigenvalue weighted by Crippen LogP contribution is 2.21. The van der Waals surface area contributed by atoms with Crippen molar-refractivity contribution in [1.29, 1.82) is 0 Å². The lowest BCUT2D eigenvalue weighted by Gasteiger charge is -2.17. The second kappa shape index (κ2) is 6.78. The first-order chi connectivity index (χ1) is 11.5. The third-order valence-corrected chi connectivity index (χ3v) is 3.91. The van der Waals surface area contributed by atoms with Crippen LogP contribution in [0.2, 0.25) is 0 Å². The molecule has 1 saturated heterocycles. The molecule has 1 heterocycles. The number of amides is 2. The topological polar surface area (TPSA) is 49.4 Å². The molecule has 2 amide bonds. The zero-order valence-corrected chi connectivity index (χ0v) is 12.8. The second-order valence-electron chi connectivity index (χ2n) is 5.75. The van der Waals surface area contributed by atoms with E-state index >= 15 is 0 Å². The van der Waals surface area contributed by atoms with Gasteiger partial charge < -0.3 is 10.2 Å². The summed E-state index contributed by atoms with van der Waals surface area (Å²) in [6.45, 7) is 0.347. The Balaban J connectivity index is 1.58. The lowest BCUT2D eigenvalue weighted by Crippen LogP contribution is -2.38. The maximum Gasteiger partial charge on any atom is 0.229 e. The number of nitrogens with zero attached hydrogens (tertiary/aromatic N) is 1. The van der Waals surface area contributed by atoms with Crippen LogP contribution in [0.15, 0.2) is 48.5 Å². The van der Waals surface area contributed by atoms with E-state index in [1.807, 2.05) is 0 Å². The number of carbonyl (C=O) groups excluding carboxylic acids is 2. The lowest BCUT2D eigenvalue weighted by molar-refractivity contribution is -0.121. The van der Waals surface area contributed by atoms with E-state index in [9.17, 15) is 18.4 Å². The van der Waals surface area contributed by atoms with Gasteiger partial charge in [-0.05, 0) is 42.0 Å². The summed E-state index contributed by atoms with van der Waals surface area (Å²) in [5, 5.41) is 2.81. The highest BCUT2D eigenvalue weighted by atomic mass is 19.1. The molecule has 6 heteroatoms. The van der Waals surface area contributed by atoms with Crippen LogP contribution in [0.5, 0.6) is 0 Å². The van der Waals surface area contributed by atoms with Crippen LogP contribution < -0.4 is 10.2 Å². The maximum absolute atomic E-state index is 13.0. The minimum absolute atomic E-state index is 0.117. The number of rotatable bonds is 4. The Bertz CT molecular complexity index is 745. The average molecular weight is 330 g/mol. The van der Waals surface area contributed by atoms with Gasteiger partial charge in [0.05, 0.1) is 12.5 Å². The number of hydrogen-bond acceptors (Lipinski definition) is 2. The number of hydrogen-bond donors (Lipinski definition) is 1. The van der Waals surface area contributed by atoms with Crippen LogP contribution in [0, 0.1) is 11.6 Å². The minimum atomic E-state index is -0.366. The van der Waals surface area contributed by atoms with E-state index in [0.29, 0.717) is 17.8 Å². The van der Waals surface area contributed by atoms with Crippen LogP contribution in [0.25, 0.3) is 0 Å². The van der Waals surface area contributed by atoms with Crippen molar-refractivity contribution in [1.82, 2.24) is 5.32 Å². The molecule has 0 bridgehead atoms. The Kier molecular flexibility index (Phi) is 4.55. The third kappa shape index (κ3) is 3.76. The van der Waals surface area contributed by atoms with Crippen molar-refractivity contribution in [2.75, 3.05) is 11.4 Å². The summed E-state index contributed by atoms with van der Waals surface area (Å²) in [4.78, 5) is 25.7. The van der Waals surface area contributed by atoms with Gasteiger partial charge in [0.1, 0.15) is 11.6 Å². The van der Waals surface area contributed by atoms with Crippen LogP contribution in [-0.2, 0) is 16.0 Å². The highest BCUT2D eigenvalue weighted by molar-refractivity contribution is 5.96. The largest absolute Gasteiger partial charge is 0.351 e. The van der Waals surface area contributed by atoms with E-state index < -0.39 is 0 Å². The number of nitrogens with one attached hydrogen (secondary N) is 1. The molecule has 124 valence electrons. The molecule has 0 aromatic heterocycles. The van der Waals surface area contributed by atoms with Crippen molar-refractivity contribution >= 4 is 17.5 Å². The van der Waals surface area contributed by atoms with Crippen LogP contribution in [0.1, 0.15) is 12.0 Å². The normalized spacial score (nSPS) is 17.2. The van der Waals surface area contributed by atoms with Crippen LogP contribution in [0.4, 0.5) is 14.5 Å². The molecule has 1 atom stereocenters. The van der Waals surface area contributed by atoms with E-state index in [0.717, 1.165) is 0 Å². The SMILES string of the molecule is O=C(Cc1ccc(F)cc1)N[C@H]1CC(=O)N(c2ccc(F)cc2)C1. The van der Waals surface area contributed by atoms with Crippen molar-refractivity contribution in [3.63, 3.8) is 0 Å². The van der Waals surface area contributed by atoms with Crippen LogP contribution >= 0.6 is 0 Å². The van der Waals surface area contributed by atoms with E-state index in [1.54, 1.807) is 12.1 Å². The summed E-state index contributed by atoms with van der Waals surface area (Å²) in [6, 6.07) is 11.1. The molecule has 2 aromatic carbocycles. The van der Waals surface area contributed by atoms with Gasteiger partial charge in [-0.1, -0.05) is 12.1 Å². The summed E-state index contributed by atoms with van der Waals surface area (Å²) >= 11 is 0. The standard InChI is InChI=1S/C18H16F2N2O2/c19-13-3-1-12(2-4-13)9-17(23)21-15-10-18(24)22(11-15)16-7-5-14(20)6-8-16/h1-8,15H,9-11H2,(H,21,23)/t15-/m0/s1. The summed E-state index contributed by atoms with van der Waals surface area (Å²) in [6.07, 6.45) is 0.327. The minimum Gasteiger partial charge on any atom is -0.351 e. The molecule has 1 aliphatic rings. The molecule has 2 aromatic rings. The summed E-state index contributed by atoms with van der Waals surface area (Å²) in [5.41, 5.74) is 1.31. The van der Waals surface area contributed by atoms with Crippen molar-refractivity contribution in [2.45, 2.75) is 18.9 Å². The van der Waals surface area contributed by atoms with E-state index in [1.165, 1.54) is 41.3 Å². The second-order valence-corrected chi connectivity index (χ2v) is 5.75. The van der Waals surface area contributed by atoms with Crippen LogP contribution in [0.3, 0.4) is 0 Å². The first-order valence-corrected chi connectivity index (χ1v) is 7.61. The average Bonchev–Trinajstić information content (AvgIpc) is 2.90. The number of halogens is 2. The smallest absolute Gasteiger partial charge is 0.229 e. The molecule has 0 unspecified atom stereocenters. The van der Waals surface area contributed by atoms with Crippen molar-refractivity contribution < 1.29 is 18.4 Å². The van der Waals surface area contributed by atoms with Crippen molar-refractivity contribution in [3.8, 4) is 0 Å². The Hall–Kier alpha value is -2.76. The van der Waals surface area contributed by atoms with Gasteiger partial charge in [0.15, 0.2) is 0 Å². The van der Waals surface area contributed by atoms with Crippen molar-refractivity contribution in [3.05, 3.63) is 65.7 Å². The quantitative estimate of drug-likeness (QED) is 0.936. The molecule has 0 aliphatic carbocycles. The predicted octanol–water partition coefficient (Wildman–Crippen LogP) is 2.43. The van der Waals surface area contributed by atoms with Gasteiger partial charge in [-0.15, -0.1) is 0 Å². The number of carbonyl (C=O) groups is 2. The Morgan fingerprint density at radius 1 is 1.04 bits per heavy atom. The van der Waals surface area contributed by atoms with Gasteiger partial charge in [0.2, 0.25) is 11.8 Å². The van der Waals surface area contributed by atoms with Gasteiger partial charge in [-0.3, -0.25) is 9.59 Å². The molecule has 4 nitrogen and oxygen atoms in total. The predicted molar refractivity (Wildman–Crippen MR) is 85.4 cm³/mol. The first kappa shape index (κ1) is 16.1. The highest BCUT2D eigenvalue weighted by Gasteiger charge is 2.31. The van der Waals surface area contributed by atoms with E-state index in [-0.39, 0.29) is 42.3 Å². The molecule has 0 radical (unpaired) electrons. The first-order valence-electron chi connectivity index (χ1n) is 7.61. The van der Waals surface area contributed by atoms with E-state index in [4.69, 9.17) is 0 Å². The third-order valence-electron chi connectivity index (χ3n) is 3.91. The van der Waals surface area contributed by atoms with E-state index in [2.05, 4.69) is 5.32 Å². The molecule has 1 N–H and O–H groups in total. The molecular weight excluding hydrogens is 314 g/mol. The van der Waals surface area contributed by atoms with Crippen molar-refractivity contribution in [2.24, 2.45) is 0 Å². The van der Waals surface area contributed by atoms with Gasteiger partial charge in [-0.25, -0.2) is 8.78 Å². The molecule has 3 rings (SSSR count). The summed E-state index contributed by atoms with van der Waals surface area (Å²) in [7, 11) is 0. The Labute approximate surface area is 138 Å². The zero-order valence-electron chi connectivity index (χ0n) is 12.8. The molecular formula is C18H16F2N2O2. The fourth-order valence-electron chi connectivity index (χ4n) is 2.74. The summed E-state index contributed by atoms with van der Waals surface area (Å²) < 4.78 is 25.8. The Morgan fingerprint density at radius 2 is 1.62 bits per heavy atom. The summed E-state index contributed by atoms with van der Waals surface area (Å²) in [5.74, 6) is -1.06. The maximum atomic E-state index is 13.0. The van der Waals surface area contributed by atoms with Gasteiger partial charge in [-0.2, -0.15) is 0 Å². The van der Waals surface area contributed by atoms with Gasteiger partial charge in [0, 0.05) is 18.7 Å². The molecule has 0 saturated carbocycles.